The number of rotatable bonds is 3. The lowest BCUT2D eigenvalue weighted by atomic mass is 9.80. The number of aromatic nitrogens is 2. The van der Waals surface area contributed by atoms with Gasteiger partial charge in [-0.15, -0.1) is 0 Å². The van der Waals surface area contributed by atoms with Gasteiger partial charge in [0.15, 0.2) is 0 Å². The molecule has 0 radical (unpaired) electrons. The fourth-order valence-electron chi connectivity index (χ4n) is 3.54. The third-order valence-electron chi connectivity index (χ3n) is 4.94. The van der Waals surface area contributed by atoms with Crippen molar-refractivity contribution in [3.63, 3.8) is 0 Å². The zero-order valence-electron chi connectivity index (χ0n) is 12.0. The minimum Gasteiger partial charge on any atom is -0.378 e. The van der Waals surface area contributed by atoms with Crippen LogP contribution >= 0.6 is 0 Å². The number of nitrogens with one attached hydrogen (secondary N) is 1. The average Bonchev–Trinajstić information content (AvgIpc) is 2.90. The van der Waals surface area contributed by atoms with Gasteiger partial charge in [-0.1, -0.05) is 6.42 Å². The monoisotopic (exact) mass is 273 g/mol. The van der Waals surface area contributed by atoms with Gasteiger partial charge in [-0.05, 0) is 25.7 Å². The quantitative estimate of drug-likeness (QED) is 0.916. The summed E-state index contributed by atoms with van der Waals surface area (Å²) in [6.07, 6.45) is 8.64. The molecule has 4 nitrogen and oxygen atoms in total. The Labute approximate surface area is 120 Å². The summed E-state index contributed by atoms with van der Waals surface area (Å²) in [6.45, 7) is 2.92. The van der Waals surface area contributed by atoms with E-state index >= 15 is 0 Å². The maximum atomic E-state index is 5.75. The van der Waals surface area contributed by atoms with Gasteiger partial charge in [0.1, 0.15) is 5.82 Å². The van der Waals surface area contributed by atoms with Crippen LogP contribution in [0.4, 0.5) is 0 Å². The minimum absolute atomic E-state index is 0.351. The first kappa shape index (κ1) is 12.7. The molecule has 4 heteroatoms. The third kappa shape index (κ3) is 2.35. The fraction of sp³-hybridized carbons (Fsp3) is 0.750. The second-order valence-electron chi connectivity index (χ2n) is 6.34. The first-order chi connectivity index (χ1) is 9.90. The molecule has 0 aromatic carbocycles. The third-order valence-corrected chi connectivity index (χ3v) is 4.94. The molecule has 1 saturated heterocycles. The van der Waals surface area contributed by atoms with E-state index in [1.54, 1.807) is 0 Å². The molecule has 1 atom stereocenters. The Hall–Kier alpha value is -1.00. The van der Waals surface area contributed by atoms with Crippen LogP contribution < -0.4 is 5.32 Å². The van der Waals surface area contributed by atoms with Crippen LogP contribution in [0.1, 0.15) is 60.8 Å². The number of hydrogen-bond donors (Lipinski definition) is 1. The lowest BCUT2D eigenvalue weighted by molar-refractivity contribution is 0.109. The highest BCUT2D eigenvalue weighted by Gasteiger charge is 2.28. The van der Waals surface area contributed by atoms with Crippen molar-refractivity contribution in [1.82, 2.24) is 15.3 Å². The molecule has 4 rings (SSSR count). The van der Waals surface area contributed by atoms with Crippen molar-refractivity contribution in [2.24, 2.45) is 0 Å². The molecule has 1 N–H and O–H groups in total. The van der Waals surface area contributed by atoms with Crippen molar-refractivity contribution >= 4 is 0 Å². The lowest BCUT2D eigenvalue weighted by Crippen LogP contribution is -2.29. The zero-order valence-corrected chi connectivity index (χ0v) is 12.0. The normalized spacial score (nSPS) is 26.3. The van der Waals surface area contributed by atoms with Crippen molar-refractivity contribution in [2.75, 3.05) is 13.2 Å². The standard InChI is InChI=1S/C16H23N3O/c1-3-11(4-1)16-13-10-17-7-6-14(13)18-15(19-16)9-12-5-2-8-20-12/h11-12,17H,1-10H2. The fourth-order valence-corrected chi connectivity index (χ4v) is 3.54. The first-order valence-electron chi connectivity index (χ1n) is 8.11. The summed E-state index contributed by atoms with van der Waals surface area (Å²) in [5.74, 6) is 1.72. The highest BCUT2D eigenvalue weighted by molar-refractivity contribution is 5.32. The molecular weight excluding hydrogens is 250 g/mol. The molecule has 0 amide bonds. The highest BCUT2D eigenvalue weighted by atomic mass is 16.5. The zero-order chi connectivity index (χ0) is 13.4. The summed E-state index contributed by atoms with van der Waals surface area (Å²) in [5, 5.41) is 3.47. The van der Waals surface area contributed by atoms with Crippen LogP contribution in [0, 0.1) is 0 Å². The van der Waals surface area contributed by atoms with Crippen molar-refractivity contribution in [1.29, 1.82) is 0 Å². The Morgan fingerprint density at radius 2 is 2.10 bits per heavy atom. The summed E-state index contributed by atoms with van der Waals surface area (Å²) in [6, 6.07) is 0. The highest BCUT2D eigenvalue weighted by Crippen LogP contribution is 2.38. The van der Waals surface area contributed by atoms with E-state index in [0.29, 0.717) is 12.0 Å². The SMILES string of the molecule is C1COC(Cc2nc3c(c(C4CCC4)n2)CNCC3)C1. The molecule has 3 heterocycles. The summed E-state index contributed by atoms with van der Waals surface area (Å²) in [7, 11) is 0. The number of nitrogens with zero attached hydrogens (tertiary/aromatic N) is 2. The van der Waals surface area contributed by atoms with Gasteiger partial charge in [-0.25, -0.2) is 9.97 Å². The van der Waals surface area contributed by atoms with Gasteiger partial charge in [0.25, 0.3) is 0 Å². The Bertz CT molecular complexity index is 493. The van der Waals surface area contributed by atoms with Crippen LogP contribution in [0.5, 0.6) is 0 Å². The molecule has 0 bridgehead atoms. The van der Waals surface area contributed by atoms with Crippen molar-refractivity contribution in [2.45, 2.75) is 63.5 Å². The van der Waals surface area contributed by atoms with Gasteiger partial charge in [0.2, 0.25) is 0 Å². The van der Waals surface area contributed by atoms with E-state index in [1.165, 1.54) is 49.1 Å². The Balaban J connectivity index is 1.64. The first-order valence-corrected chi connectivity index (χ1v) is 8.11. The molecule has 1 aliphatic carbocycles. The summed E-state index contributed by atoms with van der Waals surface area (Å²) in [5.41, 5.74) is 4.05. The topological polar surface area (TPSA) is 47.0 Å². The second kappa shape index (κ2) is 5.41. The van der Waals surface area contributed by atoms with E-state index in [4.69, 9.17) is 14.7 Å². The van der Waals surface area contributed by atoms with Gasteiger partial charge in [0.05, 0.1) is 17.5 Å². The van der Waals surface area contributed by atoms with E-state index in [0.717, 1.165) is 38.4 Å². The summed E-state index contributed by atoms with van der Waals surface area (Å²) < 4.78 is 5.75. The Morgan fingerprint density at radius 3 is 2.85 bits per heavy atom. The van der Waals surface area contributed by atoms with Crippen LogP contribution in [0.25, 0.3) is 0 Å². The van der Waals surface area contributed by atoms with Gasteiger partial charge < -0.3 is 10.1 Å². The largest absolute Gasteiger partial charge is 0.378 e. The molecule has 1 saturated carbocycles. The Kier molecular flexibility index (Phi) is 3.44. The summed E-state index contributed by atoms with van der Waals surface area (Å²) >= 11 is 0. The van der Waals surface area contributed by atoms with E-state index in [2.05, 4.69) is 5.32 Å². The van der Waals surface area contributed by atoms with Crippen LogP contribution in [0.15, 0.2) is 0 Å². The predicted molar refractivity (Wildman–Crippen MR) is 76.7 cm³/mol. The number of fused-ring (bicyclic) bond motifs is 1. The molecule has 108 valence electrons. The van der Waals surface area contributed by atoms with Crippen molar-refractivity contribution in [3.8, 4) is 0 Å². The molecule has 2 fully saturated rings. The van der Waals surface area contributed by atoms with E-state index in [-0.39, 0.29) is 0 Å². The number of ether oxygens (including phenoxy) is 1. The van der Waals surface area contributed by atoms with Crippen LogP contribution in [-0.2, 0) is 24.1 Å². The van der Waals surface area contributed by atoms with Crippen LogP contribution in [0.2, 0.25) is 0 Å². The van der Waals surface area contributed by atoms with Gasteiger partial charge in [-0.3, -0.25) is 0 Å². The average molecular weight is 273 g/mol. The molecule has 1 unspecified atom stereocenters. The maximum absolute atomic E-state index is 5.75. The molecule has 1 aromatic heterocycles. The number of hydrogen-bond acceptors (Lipinski definition) is 4. The molecular formula is C16H23N3O. The van der Waals surface area contributed by atoms with Gasteiger partial charge in [0, 0.05) is 44.0 Å². The lowest BCUT2D eigenvalue weighted by Gasteiger charge is -2.30. The minimum atomic E-state index is 0.351. The molecule has 1 aromatic rings. The molecule has 3 aliphatic rings. The predicted octanol–water partition coefficient (Wildman–Crippen LogP) is 2.11. The molecule has 20 heavy (non-hydrogen) atoms. The summed E-state index contributed by atoms with van der Waals surface area (Å²) in [4.78, 5) is 9.79. The molecule has 2 aliphatic heterocycles. The Morgan fingerprint density at radius 1 is 1.15 bits per heavy atom. The van der Waals surface area contributed by atoms with Crippen molar-refractivity contribution in [3.05, 3.63) is 22.8 Å². The van der Waals surface area contributed by atoms with Gasteiger partial charge in [-0.2, -0.15) is 0 Å². The van der Waals surface area contributed by atoms with Crippen molar-refractivity contribution < 1.29 is 4.74 Å². The van der Waals surface area contributed by atoms with E-state index < -0.39 is 0 Å². The van der Waals surface area contributed by atoms with Crippen LogP contribution in [-0.4, -0.2) is 29.2 Å². The van der Waals surface area contributed by atoms with Gasteiger partial charge >= 0.3 is 0 Å². The second-order valence-corrected chi connectivity index (χ2v) is 6.34. The van der Waals surface area contributed by atoms with E-state index in [1.807, 2.05) is 0 Å². The van der Waals surface area contributed by atoms with Crippen LogP contribution in [0.3, 0.4) is 0 Å². The maximum Gasteiger partial charge on any atom is 0.131 e. The van der Waals surface area contributed by atoms with E-state index in [9.17, 15) is 0 Å². The molecule has 0 spiro atoms. The smallest absolute Gasteiger partial charge is 0.131 e.